The number of hydrogen-bond acceptors (Lipinski definition) is 3. The zero-order valence-corrected chi connectivity index (χ0v) is 5.39. The van der Waals surface area contributed by atoms with Crippen LogP contribution in [0.3, 0.4) is 0 Å². The third-order valence-electron chi connectivity index (χ3n) is 0.640. The molecule has 0 aliphatic rings. The molecule has 0 aliphatic carbocycles. The van der Waals surface area contributed by atoms with Gasteiger partial charge in [-0.15, -0.1) is 0 Å². The van der Waals surface area contributed by atoms with Gasteiger partial charge in [-0.25, -0.2) is 0 Å². The summed E-state index contributed by atoms with van der Waals surface area (Å²) in [5, 5.41) is 6.45. The molecule has 8 heavy (non-hydrogen) atoms. The molecule has 0 aliphatic heterocycles. The van der Waals surface area contributed by atoms with Crippen LogP contribution < -0.4 is 0 Å². The zero-order chi connectivity index (χ0) is 6.41. The first-order chi connectivity index (χ1) is 3.89. The molecule has 0 fully saturated rings. The summed E-state index contributed by atoms with van der Waals surface area (Å²) in [6.45, 7) is 1.97. The van der Waals surface area contributed by atoms with E-state index in [2.05, 4.69) is 23.1 Å². The summed E-state index contributed by atoms with van der Waals surface area (Å²) < 4.78 is 6.69. The van der Waals surface area contributed by atoms with E-state index in [4.69, 9.17) is 4.55 Å². The van der Waals surface area contributed by atoms with Crippen LogP contribution in [-0.2, 0) is 0 Å². The highest BCUT2D eigenvalue weighted by Crippen LogP contribution is 1.82. The normalized spacial score (nSPS) is 7.38. The molecule has 1 aromatic heterocycles. The van der Waals surface area contributed by atoms with Crippen molar-refractivity contribution < 1.29 is 4.55 Å². The lowest BCUT2D eigenvalue weighted by molar-refractivity contribution is 0.679. The largest absolute Gasteiger partial charge is 0.333 e. The van der Waals surface area contributed by atoms with Gasteiger partial charge in [0.1, 0.15) is 0 Å². The summed E-state index contributed by atoms with van der Waals surface area (Å²) in [4.78, 5) is 0. The lowest BCUT2D eigenvalue weighted by Gasteiger charge is -1.68. The Balaban J connectivity index is 0.000000222. The Morgan fingerprint density at radius 2 is 2.38 bits per heavy atom. The van der Waals surface area contributed by atoms with Gasteiger partial charge in [-0.05, 0) is 25.9 Å². The number of nitrogens with one attached hydrogen (secondary N) is 1. The van der Waals surface area contributed by atoms with Crippen LogP contribution in [-0.4, -0.2) is 14.8 Å². The molecule has 1 rings (SSSR count). The molecule has 1 heterocycles. The van der Waals surface area contributed by atoms with Crippen LogP contribution in [0.2, 0.25) is 0 Å². The predicted molar refractivity (Wildman–Crippen MR) is 34.9 cm³/mol. The fourth-order valence-corrected chi connectivity index (χ4v) is 0.325. The predicted octanol–water partition coefficient (Wildman–Crippen LogP) is 1.11. The number of thiol groups is 1. The lowest BCUT2D eigenvalue weighted by Crippen LogP contribution is -1.65. The average molecular weight is 132 g/mol. The molecule has 2 N–H and O–H groups in total. The Labute approximate surface area is 53.4 Å². The molecule has 1 aromatic rings. The molecule has 0 aromatic carbocycles. The van der Waals surface area contributed by atoms with Gasteiger partial charge in [0, 0.05) is 11.9 Å². The van der Waals surface area contributed by atoms with Gasteiger partial charge in [0.25, 0.3) is 0 Å². The Kier molecular flexibility index (Phi) is 4.39. The molecule has 0 saturated carbocycles. The fraction of sp³-hybridized carbons (Fsp3) is 0.250. The molecule has 3 nitrogen and oxygen atoms in total. The minimum absolute atomic E-state index is 1.11. The fourth-order valence-electron chi connectivity index (χ4n) is 0.325. The number of aryl methyl sites for hydroxylation is 1. The van der Waals surface area contributed by atoms with Crippen molar-refractivity contribution in [1.29, 1.82) is 0 Å². The molecule has 0 atom stereocenters. The van der Waals surface area contributed by atoms with Crippen LogP contribution in [0.25, 0.3) is 0 Å². The molecular weight excluding hydrogens is 124 g/mol. The monoisotopic (exact) mass is 132 g/mol. The molecular formula is C4H8N2OS. The second-order valence-electron chi connectivity index (χ2n) is 1.24. The van der Waals surface area contributed by atoms with E-state index in [1.54, 1.807) is 6.20 Å². The van der Waals surface area contributed by atoms with E-state index < -0.39 is 0 Å². The van der Waals surface area contributed by atoms with Gasteiger partial charge in [-0.1, -0.05) is 0 Å². The molecule has 0 amide bonds. The summed E-state index contributed by atoms with van der Waals surface area (Å²) in [5.41, 5.74) is 1.11. The molecule has 0 radical (unpaired) electrons. The first-order valence-corrected chi connectivity index (χ1v) is 2.45. The van der Waals surface area contributed by atoms with Crippen molar-refractivity contribution in [2.24, 2.45) is 0 Å². The van der Waals surface area contributed by atoms with Gasteiger partial charge in [0.05, 0.1) is 0 Å². The molecule has 0 unspecified atom stereocenters. The van der Waals surface area contributed by atoms with E-state index in [9.17, 15) is 0 Å². The maximum atomic E-state index is 6.69. The van der Waals surface area contributed by atoms with Gasteiger partial charge in [-0.2, -0.15) is 5.10 Å². The summed E-state index contributed by atoms with van der Waals surface area (Å²) in [7, 11) is 0. The maximum Gasteiger partial charge on any atom is 0.0489 e. The van der Waals surface area contributed by atoms with Crippen molar-refractivity contribution in [3.8, 4) is 0 Å². The smallest absolute Gasteiger partial charge is 0.0489 e. The third-order valence-corrected chi connectivity index (χ3v) is 0.640. The molecule has 46 valence electrons. The number of H-pyrrole nitrogens is 1. The number of rotatable bonds is 0. The molecule has 4 heteroatoms. The topological polar surface area (TPSA) is 48.9 Å². The highest BCUT2D eigenvalue weighted by molar-refractivity contribution is 7.74. The quantitative estimate of drug-likeness (QED) is 0.366. The average Bonchev–Trinajstić information content (AvgIpc) is 2.24. The third kappa shape index (κ3) is 2.65. The van der Waals surface area contributed by atoms with Crippen LogP contribution in [0.1, 0.15) is 5.69 Å². The van der Waals surface area contributed by atoms with Gasteiger partial charge in [0.15, 0.2) is 0 Å². The first kappa shape index (κ1) is 7.52. The number of aromatic amines is 1. The van der Waals surface area contributed by atoms with Gasteiger partial charge < -0.3 is 4.55 Å². The van der Waals surface area contributed by atoms with Crippen molar-refractivity contribution in [3.63, 3.8) is 0 Å². The molecule has 0 spiro atoms. The van der Waals surface area contributed by atoms with Gasteiger partial charge in [0.2, 0.25) is 0 Å². The summed E-state index contributed by atoms with van der Waals surface area (Å²) in [6, 6.07) is 1.92. The van der Waals surface area contributed by atoms with Gasteiger partial charge in [-0.3, -0.25) is 5.10 Å². The van der Waals surface area contributed by atoms with Crippen LogP contribution in [0.15, 0.2) is 12.3 Å². The number of aromatic nitrogens is 2. The zero-order valence-electron chi connectivity index (χ0n) is 4.50. The van der Waals surface area contributed by atoms with Crippen LogP contribution in [0, 0.1) is 6.92 Å². The Morgan fingerprint density at radius 3 is 2.50 bits per heavy atom. The first-order valence-electron chi connectivity index (χ1n) is 2.05. The van der Waals surface area contributed by atoms with E-state index in [0.29, 0.717) is 0 Å². The lowest BCUT2D eigenvalue weighted by atomic mass is 10.5. The van der Waals surface area contributed by atoms with Crippen LogP contribution >= 0.6 is 12.9 Å². The van der Waals surface area contributed by atoms with E-state index in [0.717, 1.165) is 5.69 Å². The van der Waals surface area contributed by atoms with E-state index >= 15 is 0 Å². The Hall–Kier alpha value is -0.480. The summed E-state index contributed by atoms with van der Waals surface area (Å²) in [6.07, 6.45) is 1.73. The minimum atomic E-state index is 1.11. The minimum Gasteiger partial charge on any atom is -0.333 e. The van der Waals surface area contributed by atoms with Crippen molar-refractivity contribution in [2.75, 3.05) is 0 Å². The van der Waals surface area contributed by atoms with Crippen molar-refractivity contribution >= 4 is 12.9 Å². The van der Waals surface area contributed by atoms with Crippen molar-refractivity contribution in [3.05, 3.63) is 18.0 Å². The molecule has 0 bridgehead atoms. The van der Waals surface area contributed by atoms with Crippen molar-refractivity contribution in [1.82, 2.24) is 10.2 Å². The summed E-state index contributed by atoms with van der Waals surface area (Å²) in [5.74, 6) is 0. The van der Waals surface area contributed by atoms with Gasteiger partial charge >= 0.3 is 0 Å². The second-order valence-corrected chi connectivity index (χ2v) is 1.24. The Bertz CT molecular complexity index is 118. The number of hydrogen-bond donors (Lipinski definition) is 3. The van der Waals surface area contributed by atoms with E-state index in [1.807, 2.05) is 13.0 Å². The maximum absolute atomic E-state index is 6.69. The molecule has 0 saturated heterocycles. The van der Waals surface area contributed by atoms with E-state index in [-0.39, 0.29) is 0 Å². The van der Waals surface area contributed by atoms with Crippen LogP contribution in [0.4, 0.5) is 0 Å². The van der Waals surface area contributed by atoms with Crippen molar-refractivity contribution in [2.45, 2.75) is 6.92 Å². The van der Waals surface area contributed by atoms with Crippen LogP contribution in [0.5, 0.6) is 0 Å². The highest BCUT2D eigenvalue weighted by Gasteiger charge is 1.73. The van der Waals surface area contributed by atoms with E-state index in [1.165, 1.54) is 0 Å². The highest BCUT2D eigenvalue weighted by atomic mass is 32.1. The number of nitrogens with zero attached hydrogens (tertiary/aromatic N) is 1. The summed E-state index contributed by atoms with van der Waals surface area (Å²) >= 11 is 2.53. The standard InChI is InChI=1S/C4H6N2.H2OS/c1-4-2-3-5-6-4;1-2/h2-3H,1H3,(H,5,6);1-2H. The second kappa shape index (κ2) is 4.67. The SMILES string of the molecule is Cc1ccn[nH]1.OS. The Morgan fingerprint density at radius 1 is 1.75 bits per heavy atom.